The number of hydrogen-bond acceptors (Lipinski definition) is 2. The molecule has 2 N–H and O–H groups in total. The number of para-hydroxylation sites is 1. The lowest BCUT2D eigenvalue weighted by molar-refractivity contribution is 0.398. The second kappa shape index (κ2) is 5.76. The van der Waals surface area contributed by atoms with Crippen LogP contribution in [0.5, 0.6) is 11.5 Å². The van der Waals surface area contributed by atoms with Gasteiger partial charge in [-0.15, -0.1) is 11.6 Å². The third-order valence-corrected chi connectivity index (χ3v) is 2.45. The van der Waals surface area contributed by atoms with Gasteiger partial charge in [0.2, 0.25) is 0 Å². The summed E-state index contributed by atoms with van der Waals surface area (Å²) in [7, 11) is 0. The largest absolute Gasteiger partial charge is 0.504 e. The summed E-state index contributed by atoms with van der Waals surface area (Å²) in [6.07, 6.45) is 3.83. The van der Waals surface area contributed by atoms with E-state index >= 15 is 0 Å². The Hall–Kier alpha value is -0.890. The lowest BCUT2D eigenvalue weighted by Gasteiger charge is -2.05. The Bertz CT molecular complexity index is 287. The number of aromatic hydroxyl groups is 2. The van der Waals surface area contributed by atoms with Crippen LogP contribution in [0.4, 0.5) is 0 Å². The number of unbranched alkanes of at least 4 members (excludes halogenated alkanes) is 2. The molecule has 0 heterocycles. The van der Waals surface area contributed by atoms with E-state index in [-0.39, 0.29) is 11.5 Å². The Kier molecular flexibility index (Phi) is 4.60. The minimum absolute atomic E-state index is 0.0124. The van der Waals surface area contributed by atoms with E-state index in [2.05, 4.69) is 0 Å². The first-order valence-corrected chi connectivity index (χ1v) is 5.35. The van der Waals surface area contributed by atoms with Crippen LogP contribution in [0, 0.1) is 0 Å². The van der Waals surface area contributed by atoms with E-state index in [1.165, 1.54) is 6.07 Å². The predicted molar refractivity (Wildman–Crippen MR) is 58.0 cm³/mol. The molecule has 0 fully saturated rings. The third-order valence-electron chi connectivity index (χ3n) is 2.18. The van der Waals surface area contributed by atoms with Crippen LogP contribution >= 0.6 is 11.6 Å². The highest BCUT2D eigenvalue weighted by atomic mass is 35.5. The third kappa shape index (κ3) is 3.11. The first-order chi connectivity index (χ1) is 6.75. The van der Waals surface area contributed by atoms with Crippen LogP contribution in [-0.2, 0) is 6.42 Å². The molecule has 3 heteroatoms. The Balaban J connectivity index is 2.46. The zero-order chi connectivity index (χ0) is 10.4. The molecule has 0 unspecified atom stereocenters. The van der Waals surface area contributed by atoms with Crippen molar-refractivity contribution in [2.45, 2.75) is 25.7 Å². The van der Waals surface area contributed by atoms with E-state index in [0.29, 0.717) is 5.88 Å². The standard InChI is InChI=1S/C11H15ClO2/c12-8-3-1-2-5-9-6-4-7-10(13)11(9)14/h4,6-7,13-14H,1-3,5,8H2. The monoisotopic (exact) mass is 214 g/mol. The highest BCUT2D eigenvalue weighted by molar-refractivity contribution is 6.17. The van der Waals surface area contributed by atoms with E-state index in [1.54, 1.807) is 6.07 Å². The minimum atomic E-state index is -0.0418. The van der Waals surface area contributed by atoms with Crippen molar-refractivity contribution < 1.29 is 10.2 Å². The second-order valence-corrected chi connectivity index (χ2v) is 3.66. The number of hydrogen-bond donors (Lipinski definition) is 2. The summed E-state index contributed by atoms with van der Waals surface area (Å²) in [4.78, 5) is 0. The number of phenolic OH excluding ortho intramolecular Hbond substituents is 2. The lowest BCUT2D eigenvalue weighted by atomic mass is 10.1. The molecule has 2 nitrogen and oxygen atoms in total. The predicted octanol–water partition coefficient (Wildman–Crippen LogP) is 3.05. The quantitative estimate of drug-likeness (QED) is 0.449. The van der Waals surface area contributed by atoms with Crippen molar-refractivity contribution in [1.29, 1.82) is 0 Å². The highest BCUT2D eigenvalue weighted by Gasteiger charge is 2.04. The van der Waals surface area contributed by atoms with E-state index in [4.69, 9.17) is 11.6 Å². The van der Waals surface area contributed by atoms with Crippen LogP contribution in [0.25, 0.3) is 0 Å². The topological polar surface area (TPSA) is 40.5 Å². The van der Waals surface area contributed by atoms with Gasteiger partial charge in [-0.3, -0.25) is 0 Å². The van der Waals surface area contributed by atoms with Gasteiger partial charge < -0.3 is 10.2 Å². The molecule has 1 aromatic rings. The smallest absolute Gasteiger partial charge is 0.160 e. The van der Waals surface area contributed by atoms with Crippen molar-refractivity contribution in [2.24, 2.45) is 0 Å². The Morgan fingerprint density at radius 1 is 1.07 bits per heavy atom. The number of halogens is 1. The fraction of sp³-hybridized carbons (Fsp3) is 0.455. The number of alkyl halides is 1. The maximum atomic E-state index is 9.48. The van der Waals surface area contributed by atoms with Crippen LogP contribution in [0.3, 0.4) is 0 Å². The van der Waals surface area contributed by atoms with E-state index < -0.39 is 0 Å². The molecule has 0 saturated heterocycles. The Morgan fingerprint density at radius 3 is 2.57 bits per heavy atom. The average Bonchev–Trinajstić information content (AvgIpc) is 2.19. The molecular formula is C11H15ClO2. The van der Waals surface area contributed by atoms with Gasteiger partial charge >= 0.3 is 0 Å². The molecule has 0 bridgehead atoms. The zero-order valence-electron chi connectivity index (χ0n) is 8.04. The molecule has 1 aromatic carbocycles. The van der Waals surface area contributed by atoms with Gasteiger partial charge in [0, 0.05) is 5.88 Å². The summed E-state index contributed by atoms with van der Waals surface area (Å²) < 4.78 is 0. The first-order valence-electron chi connectivity index (χ1n) is 4.81. The number of benzene rings is 1. The summed E-state index contributed by atoms with van der Waals surface area (Å²) in [5.74, 6) is 0.657. The van der Waals surface area contributed by atoms with Gasteiger partial charge in [-0.1, -0.05) is 18.6 Å². The summed E-state index contributed by atoms with van der Waals surface area (Å²) in [6, 6.07) is 5.05. The van der Waals surface area contributed by atoms with Crippen molar-refractivity contribution in [3.8, 4) is 11.5 Å². The van der Waals surface area contributed by atoms with Crippen LogP contribution in [0.2, 0.25) is 0 Å². The van der Waals surface area contributed by atoms with Gasteiger partial charge in [0.1, 0.15) is 0 Å². The van der Waals surface area contributed by atoms with Gasteiger partial charge in [0.15, 0.2) is 11.5 Å². The average molecular weight is 215 g/mol. The minimum Gasteiger partial charge on any atom is -0.504 e. The van der Waals surface area contributed by atoms with Gasteiger partial charge in [-0.2, -0.15) is 0 Å². The van der Waals surface area contributed by atoms with E-state index in [1.807, 2.05) is 6.07 Å². The van der Waals surface area contributed by atoms with Gasteiger partial charge in [0.05, 0.1) is 0 Å². The zero-order valence-corrected chi connectivity index (χ0v) is 8.80. The molecule has 0 aliphatic rings. The Labute approximate surface area is 89.1 Å². The maximum absolute atomic E-state index is 9.48. The van der Waals surface area contributed by atoms with Crippen LogP contribution in [0.1, 0.15) is 24.8 Å². The fourth-order valence-corrected chi connectivity index (χ4v) is 1.56. The number of phenols is 2. The van der Waals surface area contributed by atoms with Crippen molar-refractivity contribution in [3.63, 3.8) is 0 Å². The molecule has 14 heavy (non-hydrogen) atoms. The van der Waals surface area contributed by atoms with Crippen LogP contribution in [-0.4, -0.2) is 16.1 Å². The van der Waals surface area contributed by atoms with Crippen molar-refractivity contribution >= 4 is 11.6 Å². The van der Waals surface area contributed by atoms with Crippen molar-refractivity contribution in [2.75, 3.05) is 5.88 Å². The molecule has 1 rings (SSSR count). The van der Waals surface area contributed by atoms with E-state index in [9.17, 15) is 10.2 Å². The summed E-state index contributed by atoms with van der Waals surface area (Å²) in [5, 5.41) is 18.7. The van der Waals surface area contributed by atoms with Crippen molar-refractivity contribution in [3.05, 3.63) is 23.8 Å². The maximum Gasteiger partial charge on any atom is 0.160 e. The lowest BCUT2D eigenvalue weighted by Crippen LogP contribution is -1.87. The molecule has 0 atom stereocenters. The molecule has 0 saturated carbocycles. The number of rotatable bonds is 5. The van der Waals surface area contributed by atoms with Gasteiger partial charge in [-0.05, 0) is 30.9 Å². The molecule has 78 valence electrons. The molecular weight excluding hydrogens is 200 g/mol. The Morgan fingerprint density at radius 2 is 1.86 bits per heavy atom. The highest BCUT2D eigenvalue weighted by Crippen LogP contribution is 2.29. The van der Waals surface area contributed by atoms with E-state index in [0.717, 1.165) is 31.2 Å². The van der Waals surface area contributed by atoms with Gasteiger partial charge in [-0.25, -0.2) is 0 Å². The molecule has 0 aliphatic carbocycles. The SMILES string of the molecule is Oc1cccc(CCCCCCl)c1O. The molecule has 0 aromatic heterocycles. The van der Waals surface area contributed by atoms with Crippen LogP contribution in [0.15, 0.2) is 18.2 Å². The molecule has 0 aliphatic heterocycles. The normalized spacial score (nSPS) is 10.4. The molecule has 0 amide bonds. The van der Waals surface area contributed by atoms with Crippen molar-refractivity contribution in [1.82, 2.24) is 0 Å². The summed E-state index contributed by atoms with van der Waals surface area (Å²) in [6.45, 7) is 0. The molecule has 0 radical (unpaired) electrons. The van der Waals surface area contributed by atoms with Crippen LogP contribution < -0.4 is 0 Å². The molecule has 0 spiro atoms. The number of aryl methyl sites for hydroxylation is 1. The summed E-state index contributed by atoms with van der Waals surface area (Å²) >= 11 is 5.55. The summed E-state index contributed by atoms with van der Waals surface area (Å²) in [5.41, 5.74) is 0.805. The first kappa shape index (κ1) is 11.2. The fourth-order valence-electron chi connectivity index (χ4n) is 1.37. The van der Waals surface area contributed by atoms with Gasteiger partial charge in [0.25, 0.3) is 0 Å². The second-order valence-electron chi connectivity index (χ2n) is 3.28.